The summed E-state index contributed by atoms with van der Waals surface area (Å²) in [4.78, 5) is 31.6. The van der Waals surface area contributed by atoms with Gasteiger partial charge in [-0.05, 0) is 23.3 Å². The van der Waals surface area contributed by atoms with Crippen molar-refractivity contribution in [3.05, 3.63) is 46.5 Å². The first-order valence-electron chi connectivity index (χ1n) is 8.82. The van der Waals surface area contributed by atoms with E-state index in [1.807, 2.05) is 0 Å². The van der Waals surface area contributed by atoms with Gasteiger partial charge in [0.05, 0.1) is 11.1 Å². The van der Waals surface area contributed by atoms with Crippen LogP contribution in [0.2, 0.25) is 0 Å². The number of nitrogens with one attached hydrogen (secondary N) is 1. The number of aliphatic carboxylic acids is 2. The molecule has 0 saturated heterocycles. The van der Waals surface area contributed by atoms with E-state index in [1.54, 1.807) is 0 Å². The van der Waals surface area contributed by atoms with E-state index in [4.69, 9.17) is 19.8 Å². The van der Waals surface area contributed by atoms with Crippen molar-refractivity contribution in [1.29, 1.82) is 0 Å². The molecule has 3 rings (SSSR count). The molecule has 2 aliphatic rings. The van der Waals surface area contributed by atoms with E-state index in [1.165, 1.54) is 23.1 Å². The van der Waals surface area contributed by atoms with E-state index in [0.717, 1.165) is 30.3 Å². The molecule has 34 heavy (non-hydrogen) atoms. The summed E-state index contributed by atoms with van der Waals surface area (Å²) in [7, 11) is 0. The van der Waals surface area contributed by atoms with Gasteiger partial charge in [0.15, 0.2) is 0 Å². The predicted molar refractivity (Wildman–Crippen MR) is 94.6 cm³/mol. The van der Waals surface area contributed by atoms with Gasteiger partial charge in [0, 0.05) is 26.2 Å². The van der Waals surface area contributed by atoms with Gasteiger partial charge < -0.3 is 20.4 Å². The van der Waals surface area contributed by atoms with Crippen LogP contribution in [0.25, 0.3) is 0 Å². The Morgan fingerprint density at radius 1 is 0.765 bits per heavy atom. The Hall–Kier alpha value is -3.30. The lowest BCUT2D eigenvalue weighted by Crippen LogP contribution is -2.33. The molecule has 0 fully saturated rings. The molecular weight excluding hydrogens is 495 g/mol. The molecular formula is C18H15F9N2O5. The van der Waals surface area contributed by atoms with E-state index >= 15 is 0 Å². The summed E-state index contributed by atoms with van der Waals surface area (Å²) in [6, 6.07) is 4.95. The van der Waals surface area contributed by atoms with Gasteiger partial charge in [-0.15, -0.1) is 0 Å². The molecule has 1 amide bonds. The first-order valence-corrected chi connectivity index (χ1v) is 8.82. The van der Waals surface area contributed by atoms with Gasteiger partial charge in [-0.1, -0.05) is 12.1 Å². The van der Waals surface area contributed by atoms with Crippen LogP contribution in [0.5, 0.6) is 0 Å². The van der Waals surface area contributed by atoms with Gasteiger partial charge >= 0.3 is 30.5 Å². The van der Waals surface area contributed by atoms with Crippen LogP contribution in [-0.4, -0.2) is 71.5 Å². The SMILES string of the molecule is O=C(O)C(F)(F)F.O=C(O)C(F)(F)F.O=C(c1ccccc1C(F)(F)F)N1CC2=C(CNC2)C1. The first-order chi connectivity index (χ1) is 15.4. The number of alkyl halides is 9. The largest absolute Gasteiger partial charge is 0.490 e. The van der Waals surface area contributed by atoms with Crippen molar-refractivity contribution in [1.82, 2.24) is 10.2 Å². The molecule has 1 aromatic carbocycles. The maximum atomic E-state index is 12.9. The van der Waals surface area contributed by atoms with Gasteiger partial charge in [0.25, 0.3) is 5.91 Å². The zero-order valence-electron chi connectivity index (χ0n) is 16.6. The molecule has 0 atom stereocenters. The summed E-state index contributed by atoms with van der Waals surface area (Å²) >= 11 is 0. The second kappa shape index (κ2) is 10.8. The molecule has 16 heteroatoms. The average molecular weight is 510 g/mol. The molecule has 0 aromatic heterocycles. The number of hydrogen-bond acceptors (Lipinski definition) is 4. The number of amides is 1. The van der Waals surface area contributed by atoms with Gasteiger partial charge in [-0.2, -0.15) is 39.5 Å². The van der Waals surface area contributed by atoms with Gasteiger partial charge in [0.1, 0.15) is 0 Å². The molecule has 0 aliphatic carbocycles. The van der Waals surface area contributed by atoms with Crippen LogP contribution in [0.3, 0.4) is 0 Å². The Balaban J connectivity index is 0.000000343. The highest BCUT2D eigenvalue weighted by molar-refractivity contribution is 5.96. The summed E-state index contributed by atoms with van der Waals surface area (Å²) in [6.45, 7) is 2.29. The Labute approximate surface area is 184 Å². The van der Waals surface area contributed by atoms with E-state index in [2.05, 4.69) is 5.32 Å². The Bertz CT molecular complexity index is 912. The normalized spacial score (nSPS) is 15.6. The van der Waals surface area contributed by atoms with E-state index < -0.39 is 41.9 Å². The van der Waals surface area contributed by atoms with Crippen molar-refractivity contribution < 1.29 is 64.1 Å². The van der Waals surface area contributed by atoms with Crippen molar-refractivity contribution in [3.63, 3.8) is 0 Å². The molecule has 190 valence electrons. The summed E-state index contributed by atoms with van der Waals surface area (Å²) in [5.41, 5.74) is 1.12. The Kier molecular flexibility index (Phi) is 9.09. The van der Waals surface area contributed by atoms with Gasteiger partial charge in [0.2, 0.25) is 0 Å². The molecule has 0 bridgehead atoms. The topological polar surface area (TPSA) is 107 Å². The van der Waals surface area contributed by atoms with Crippen molar-refractivity contribution in [3.8, 4) is 0 Å². The number of rotatable bonds is 1. The molecule has 2 aliphatic heterocycles. The smallest absolute Gasteiger partial charge is 0.475 e. The quantitative estimate of drug-likeness (QED) is 0.396. The second-order valence-corrected chi connectivity index (χ2v) is 6.62. The lowest BCUT2D eigenvalue weighted by Gasteiger charge is -2.20. The molecule has 0 unspecified atom stereocenters. The summed E-state index contributed by atoms with van der Waals surface area (Å²) < 4.78 is 102. The Morgan fingerprint density at radius 3 is 1.50 bits per heavy atom. The molecule has 1 aromatic rings. The Morgan fingerprint density at radius 2 is 1.15 bits per heavy atom. The van der Waals surface area contributed by atoms with E-state index in [9.17, 15) is 44.3 Å². The maximum Gasteiger partial charge on any atom is 0.490 e. The molecule has 2 heterocycles. The zero-order valence-corrected chi connectivity index (χ0v) is 16.6. The van der Waals surface area contributed by atoms with Crippen LogP contribution >= 0.6 is 0 Å². The standard InChI is InChI=1S/C14H13F3N2O.2C2HF3O2/c15-14(16,17)12-4-2-1-3-11(12)13(20)19-7-9-5-18-6-10(9)8-19;2*3-2(4,5)1(6)7/h1-4,18H,5-8H2;2*(H,6,7). The second-order valence-electron chi connectivity index (χ2n) is 6.62. The highest BCUT2D eigenvalue weighted by atomic mass is 19.4. The third-order valence-electron chi connectivity index (χ3n) is 4.18. The minimum absolute atomic E-state index is 0.269. The third-order valence-corrected chi connectivity index (χ3v) is 4.18. The first kappa shape index (κ1) is 28.7. The number of halogens is 9. The van der Waals surface area contributed by atoms with Gasteiger partial charge in [-0.3, -0.25) is 4.79 Å². The van der Waals surface area contributed by atoms with Crippen LogP contribution in [0.15, 0.2) is 35.4 Å². The minimum Gasteiger partial charge on any atom is -0.475 e. The highest BCUT2D eigenvalue weighted by Gasteiger charge is 2.39. The van der Waals surface area contributed by atoms with Crippen molar-refractivity contribution in [2.24, 2.45) is 0 Å². The number of benzene rings is 1. The molecule has 3 N–H and O–H groups in total. The predicted octanol–water partition coefficient (Wildman–Crippen LogP) is 3.33. The number of carbonyl (C=O) groups excluding carboxylic acids is 1. The van der Waals surface area contributed by atoms with E-state index in [0.29, 0.717) is 13.1 Å². The number of nitrogens with zero attached hydrogens (tertiary/aromatic N) is 1. The fraction of sp³-hybridized carbons (Fsp3) is 0.389. The van der Waals surface area contributed by atoms with Crippen LogP contribution in [-0.2, 0) is 15.8 Å². The number of carboxylic acid groups (broad SMARTS) is 2. The monoisotopic (exact) mass is 510 g/mol. The molecule has 0 radical (unpaired) electrons. The summed E-state index contributed by atoms with van der Waals surface area (Å²) in [5, 5.41) is 17.4. The highest BCUT2D eigenvalue weighted by Crippen LogP contribution is 2.33. The van der Waals surface area contributed by atoms with Crippen molar-refractivity contribution in [2.45, 2.75) is 18.5 Å². The van der Waals surface area contributed by atoms with E-state index in [-0.39, 0.29) is 5.56 Å². The lowest BCUT2D eigenvalue weighted by molar-refractivity contribution is -0.193. The maximum absolute atomic E-state index is 12.9. The molecule has 0 saturated carbocycles. The zero-order chi connectivity index (χ0) is 26.5. The van der Waals surface area contributed by atoms with Crippen LogP contribution in [0, 0.1) is 0 Å². The van der Waals surface area contributed by atoms with Crippen LogP contribution < -0.4 is 5.32 Å². The molecule has 7 nitrogen and oxygen atoms in total. The summed E-state index contributed by atoms with van der Waals surface area (Å²) in [5.74, 6) is -6.06. The van der Waals surface area contributed by atoms with Crippen molar-refractivity contribution >= 4 is 17.8 Å². The van der Waals surface area contributed by atoms with Gasteiger partial charge in [-0.25, -0.2) is 9.59 Å². The fourth-order valence-electron chi connectivity index (χ4n) is 2.70. The summed E-state index contributed by atoms with van der Waals surface area (Å²) in [6.07, 6.45) is -14.7. The third kappa shape index (κ3) is 8.24. The number of carboxylic acids is 2. The lowest BCUT2D eigenvalue weighted by atomic mass is 10.1. The van der Waals surface area contributed by atoms with Crippen LogP contribution in [0.4, 0.5) is 39.5 Å². The number of hydrogen-bond donors (Lipinski definition) is 3. The van der Waals surface area contributed by atoms with Crippen LogP contribution in [0.1, 0.15) is 15.9 Å². The minimum atomic E-state index is -5.08. The molecule has 0 spiro atoms. The number of carbonyl (C=O) groups is 3. The van der Waals surface area contributed by atoms with Crippen molar-refractivity contribution in [2.75, 3.05) is 26.2 Å². The average Bonchev–Trinajstić information content (AvgIpc) is 3.28. The fourth-order valence-corrected chi connectivity index (χ4v) is 2.70.